The van der Waals surface area contributed by atoms with Crippen LogP contribution in [0.15, 0.2) is 28.9 Å². The molecule has 0 amide bonds. The number of nitrogens with two attached hydrogens (primary N) is 1. The Morgan fingerprint density at radius 1 is 1.37 bits per heavy atom. The van der Waals surface area contributed by atoms with Crippen LogP contribution in [0.4, 0.5) is 11.4 Å². The first-order valence-corrected chi connectivity index (χ1v) is 7.46. The van der Waals surface area contributed by atoms with E-state index in [2.05, 4.69) is 45.7 Å². The first-order chi connectivity index (χ1) is 9.06. The molecule has 2 unspecified atom stereocenters. The third kappa shape index (κ3) is 2.18. The zero-order chi connectivity index (χ0) is 13.6. The highest BCUT2D eigenvalue weighted by atomic mass is 79.9. The fourth-order valence-electron chi connectivity index (χ4n) is 3.07. The molecule has 0 spiro atoms. The lowest BCUT2D eigenvalue weighted by Crippen LogP contribution is -2.27. The molecule has 2 N–H and O–H groups in total. The minimum absolute atomic E-state index is 0.562. The molecule has 2 aromatic rings. The summed E-state index contributed by atoms with van der Waals surface area (Å²) in [6, 6.07) is 6.70. The van der Waals surface area contributed by atoms with Gasteiger partial charge in [-0.1, -0.05) is 6.92 Å². The van der Waals surface area contributed by atoms with E-state index in [0.29, 0.717) is 6.04 Å². The number of benzene rings is 1. The second-order valence-electron chi connectivity index (χ2n) is 5.57. The van der Waals surface area contributed by atoms with Gasteiger partial charge < -0.3 is 10.6 Å². The van der Waals surface area contributed by atoms with Crippen molar-refractivity contribution in [2.75, 3.05) is 17.2 Å². The first-order valence-electron chi connectivity index (χ1n) is 6.66. The summed E-state index contributed by atoms with van der Waals surface area (Å²) >= 11 is 3.46. The Balaban J connectivity index is 2.17. The molecule has 1 aromatic carbocycles. The maximum Gasteiger partial charge on any atom is 0.0956 e. The van der Waals surface area contributed by atoms with Gasteiger partial charge in [-0.2, -0.15) is 0 Å². The van der Waals surface area contributed by atoms with Gasteiger partial charge in [0.2, 0.25) is 0 Å². The molecule has 100 valence electrons. The molecule has 0 radical (unpaired) electrons. The number of fused-ring (bicyclic) bond motifs is 1. The van der Waals surface area contributed by atoms with Crippen molar-refractivity contribution in [2.24, 2.45) is 5.92 Å². The van der Waals surface area contributed by atoms with Crippen LogP contribution in [0.2, 0.25) is 0 Å². The van der Waals surface area contributed by atoms with Gasteiger partial charge in [-0.15, -0.1) is 0 Å². The Kier molecular flexibility index (Phi) is 3.13. The number of pyridine rings is 1. The smallest absolute Gasteiger partial charge is 0.0956 e. The third-order valence-electron chi connectivity index (χ3n) is 3.92. The molecule has 1 aromatic heterocycles. The molecule has 1 aliphatic heterocycles. The molecule has 1 saturated heterocycles. The second-order valence-corrected chi connectivity index (χ2v) is 6.48. The highest BCUT2D eigenvalue weighted by Crippen LogP contribution is 2.35. The van der Waals surface area contributed by atoms with Crippen molar-refractivity contribution in [2.45, 2.75) is 26.3 Å². The largest absolute Gasteiger partial charge is 0.398 e. The lowest BCUT2D eigenvalue weighted by molar-refractivity contribution is 0.625. The molecule has 0 saturated carbocycles. The Labute approximate surface area is 121 Å². The zero-order valence-corrected chi connectivity index (χ0v) is 12.8. The molecule has 3 rings (SSSR count). The Morgan fingerprint density at radius 3 is 2.84 bits per heavy atom. The molecule has 4 heteroatoms. The molecule has 0 aliphatic carbocycles. The number of nitrogen functional groups attached to an aromatic ring is 1. The van der Waals surface area contributed by atoms with E-state index in [9.17, 15) is 0 Å². The summed E-state index contributed by atoms with van der Waals surface area (Å²) in [5.74, 6) is 0.734. The molecule has 19 heavy (non-hydrogen) atoms. The standard InChI is InChI=1S/C15H18BrN3/c1-9-5-10(2)19(8-9)14-4-3-13(17)12-6-11(16)7-18-15(12)14/h3-4,6-7,9-10H,5,8,17H2,1-2H3. The monoisotopic (exact) mass is 319 g/mol. The highest BCUT2D eigenvalue weighted by Gasteiger charge is 2.27. The van der Waals surface area contributed by atoms with Gasteiger partial charge in [-0.25, -0.2) is 0 Å². The normalized spacial score (nSPS) is 23.2. The van der Waals surface area contributed by atoms with Gasteiger partial charge in [0, 0.05) is 34.3 Å². The van der Waals surface area contributed by atoms with Crippen molar-refractivity contribution in [3.63, 3.8) is 0 Å². The number of hydrogen-bond acceptors (Lipinski definition) is 3. The van der Waals surface area contributed by atoms with E-state index in [1.165, 1.54) is 12.1 Å². The molecule has 1 aliphatic rings. The van der Waals surface area contributed by atoms with Crippen LogP contribution in [-0.4, -0.2) is 17.6 Å². The Hall–Kier alpha value is -1.29. The van der Waals surface area contributed by atoms with Crippen molar-refractivity contribution in [1.29, 1.82) is 0 Å². The number of anilines is 2. The predicted molar refractivity (Wildman–Crippen MR) is 84.4 cm³/mol. The second kappa shape index (κ2) is 4.67. The topological polar surface area (TPSA) is 42.1 Å². The summed E-state index contributed by atoms with van der Waals surface area (Å²) in [7, 11) is 0. The van der Waals surface area contributed by atoms with Crippen molar-refractivity contribution in [1.82, 2.24) is 4.98 Å². The van der Waals surface area contributed by atoms with Crippen LogP contribution < -0.4 is 10.6 Å². The molecular weight excluding hydrogens is 302 g/mol. The van der Waals surface area contributed by atoms with Crippen LogP contribution >= 0.6 is 15.9 Å². The van der Waals surface area contributed by atoms with Crippen molar-refractivity contribution < 1.29 is 0 Å². The molecule has 3 nitrogen and oxygen atoms in total. The van der Waals surface area contributed by atoms with Crippen LogP contribution in [0.1, 0.15) is 20.3 Å². The van der Waals surface area contributed by atoms with Crippen molar-refractivity contribution >= 4 is 38.2 Å². The average Bonchev–Trinajstić information content (AvgIpc) is 2.69. The van der Waals surface area contributed by atoms with Gasteiger partial charge in [0.05, 0.1) is 11.2 Å². The summed E-state index contributed by atoms with van der Waals surface area (Å²) in [5, 5.41) is 1.03. The van der Waals surface area contributed by atoms with E-state index < -0.39 is 0 Å². The van der Waals surface area contributed by atoms with Gasteiger partial charge in [0.1, 0.15) is 0 Å². The van der Waals surface area contributed by atoms with E-state index in [1.807, 2.05) is 18.3 Å². The third-order valence-corrected chi connectivity index (χ3v) is 4.36. The van der Waals surface area contributed by atoms with Crippen molar-refractivity contribution in [3.8, 4) is 0 Å². The zero-order valence-electron chi connectivity index (χ0n) is 11.2. The molecule has 2 atom stereocenters. The van der Waals surface area contributed by atoms with Crippen LogP contribution in [0, 0.1) is 5.92 Å². The van der Waals surface area contributed by atoms with Crippen LogP contribution in [0.5, 0.6) is 0 Å². The summed E-state index contributed by atoms with van der Waals surface area (Å²) in [6.07, 6.45) is 3.08. The molecule has 2 heterocycles. The summed E-state index contributed by atoms with van der Waals surface area (Å²) in [6.45, 7) is 5.68. The summed E-state index contributed by atoms with van der Waals surface area (Å²) < 4.78 is 0.965. The Morgan fingerprint density at radius 2 is 2.16 bits per heavy atom. The fraction of sp³-hybridized carbons (Fsp3) is 0.400. The van der Waals surface area contributed by atoms with Crippen LogP contribution in [0.25, 0.3) is 10.9 Å². The summed E-state index contributed by atoms with van der Waals surface area (Å²) in [5.41, 5.74) is 9.07. The van der Waals surface area contributed by atoms with Crippen LogP contribution in [0.3, 0.4) is 0 Å². The number of nitrogens with zero attached hydrogens (tertiary/aromatic N) is 2. The van der Waals surface area contributed by atoms with Gasteiger partial charge in [-0.05, 0) is 53.4 Å². The SMILES string of the molecule is CC1CC(C)N(c2ccc(N)c3cc(Br)cnc23)C1. The fourth-order valence-corrected chi connectivity index (χ4v) is 3.40. The minimum Gasteiger partial charge on any atom is -0.398 e. The van der Waals surface area contributed by atoms with E-state index >= 15 is 0 Å². The minimum atomic E-state index is 0.562. The summed E-state index contributed by atoms with van der Waals surface area (Å²) in [4.78, 5) is 7.03. The van der Waals surface area contributed by atoms with E-state index in [0.717, 1.165) is 33.5 Å². The molecular formula is C15H18BrN3. The number of aromatic nitrogens is 1. The van der Waals surface area contributed by atoms with Crippen molar-refractivity contribution in [3.05, 3.63) is 28.9 Å². The lowest BCUT2D eigenvalue weighted by atomic mass is 10.1. The average molecular weight is 320 g/mol. The predicted octanol–water partition coefficient (Wildman–Crippen LogP) is 3.81. The number of halogens is 1. The molecule has 0 bridgehead atoms. The first kappa shape index (κ1) is 12.7. The van der Waals surface area contributed by atoms with Gasteiger partial charge in [0.15, 0.2) is 0 Å². The number of hydrogen-bond donors (Lipinski definition) is 1. The lowest BCUT2D eigenvalue weighted by Gasteiger charge is -2.25. The van der Waals surface area contributed by atoms with Crippen LogP contribution in [-0.2, 0) is 0 Å². The maximum atomic E-state index is 6.08. The highest BCUT2D eigenvalue weighted by molar-refractivity contribution is 9.10. The van der Waals surface area contributed by atoms with Gasteiger partial charge in [-0.3, -0.25) is 4.98 Å². The van der Waals surface area contributed by atoms with Gasteiger partial charge in [0.25, 0.3) is 0 Å². The van der Waals surface area contributed by atoms with E-state index in [4.69, 9.17) is 5.73 Å². The Bertz CT molecular complexity index is 626. The number of rotatable bonds is 1. The maximum absolute atomic E-state index is 6.08. The van der Waals surface area contributed by atoms with E-state index in [1.54, 1.807) is 0 Å². The van der Waals surface area contributed by atoms with E-state index in [-0.39, 0.29) is 0 Å². The quantitative estimate of drug-likeness (QED) is 0.812. The molecule has 1 fully saturated rings. The van der Waals surface area contributed by atoms with Gasteiger partial charge >= 0.3 is 0 Å².